The summed E-state index contributed by atoms with van der Waals surface area (Å²) in [6.07, 6.45) is 1.06. The van der Waals surface area contributed by atoms with Crippen LogP contribution in [0, 0.1) is 0 Å². The summed E-state index contributed by atoms with van der Waals surface area (Å²) in [7, 11) is 3.23. The van der Waals surface area contributed by atoms with Crippen LogP contribution in [0.2, 0.25) is 0 Å². The molecule has 0 saturated carbocycles. The lowest BCUT2D eigenvalue weighted by Crippen LogP contribution is -2.25. The molecule has 3 amide bonds. The molecule has 11 nitrogen and oxygen atoms in total. The van der Waals surface area contributed by atoms with Crippen molar-refractivity contribution in [2.24, 2.45) is 12.0 Å². The number of carbonyl (C=O) groups excluding carboxylic acids is 2. The average Bonchev–Trinajstić information content (AvgIpc) is 3.62. The Labute approximate surface area is 199 Å². The number of aliphatic imine (C=N–C) groups is 1. The molecular formula is C24H21N5O6. The molecule has 11 heteroatoms. The number of rotatable bonds is 5. The molecule has 3 aliphatic rings. The van der Waals surface area contributed by atoms with Crippen LogP contribution in [0.5, 0.6) is 23.0 Å². The van der Waals surface area contributed by atoms with Gasteiger partial charge in [-0.05, 0) is 35.4 Å². The van der Waals surface area contributed by atoms with Crippen molar-refractivity contribution in [1.82, 2.24) is 19.8 Å². The smallest absolute Gasteiger partial charge is 0.329 e. The molecule has 1 aromatic heterocycles. The molecule has 6 rings (SSSR count). The number of aromatic nitrogens is 2. The van der Waals surface area contributed by atoms with Crippen molar-refractivity contribution in [3.63, 3.8) is 0 Å². The number of urea groups is 1. The minimum atomic E-state index is -0.524. The van der Waals surface area contributed by atoms with Gasteiger partial charge in [-0.15, -0.1) is 0 Å². The summed E-state index contributed by atoms with van der Waals surface area (Å²) in [5.74, 6) is 2.56. The Morgan fingerprint density at radius 1 is 0.886 bits per heavy atom. The van der Waals surface area contributed by atoms with Crippen LogP contribution in [0.4, 0.5) is 10.7 Å². The number of amidine groups is 1. The van der Waals surface area contributed by atoms with Gasteiger partial charge >= 0.3 is 6.03 Å². The number of nitrogens with one attached hydrogen (secondary N) is 1. The number of fused-ring (bicyclic) bond motifs is 2. The maximum absolute atomic E-state index is 12.3. The summed E-state index contributed by atoms with van der Waals surface area (Å²) in [5, 5.41) is 2.49. The largest absolute Gasteiger partial charge is 0.454 e. The summed E-state index contributed by atoms with van der Waals surface area (Å²) in [4.78, 5) is 34.3. The van der Waals surface area contributed by atoms with Gasteiger partial charge in [0.2, 0.25) is 25.4 Å². The predicted molar refractivity (Wildman–Crippen MR) is 122 cm³/mol. The van der Waals surface area contributed by atoms with E-state index >= 15 is 0 Å². The first-order valence-electron chi connectivity index (χ1n) is 11.0. The topological polar surface area (TPSA) is 117 Å². The van der Waals surface area contributed by atoms with Crippen LogP contribution in [-0.2, 0) is 24.7 Å². The van der Waals surface area contributed by atoms with E-state index in [1.54, 1.807) is 0 Å². The second-order valence-corrected chi connectivity index (χ2v) is 8.35. The highest BCUT2D eigenvalue weighted by molar-refractivity contribution is 6.47. The summed E-state index contributed by atoms with van der Waals surface area (Å²) in [6, 6.07) is 11.1. The monoisotopic (exact) mass is 475 g/mol. The maximum Gasteiger partial charge on any atom is 0.329 e. The second kappa shape index (κ2) is 8.05. The van der Waals surface area contributed by atoms with Gasteiger partial charge < -0.3 is 23.5 Å². The number of carbonyl (C=O) groups is 2. The molecule has 3 aromatic rings. The molecule has 178 valence electrons. The SMILES string of the molecule is CN1C(=O)NC(=Nc2nc(Cc3ccc4c(c3)OCO4)c(Cc3ccc4c(c3)OCO4)n2C)C1=O. The minimum Gasteiger partial charge on any atom is -0.454 e. The van der Waals surface area contributed by atoms with Crippen molar-refractivity contribution in [2.75, 3.05) is 20.6 Å². The zero-order valence-electron chi connectivity index (χ0n) is 19.0. The Hall–Kier alpha value is -4.54. The number of amides is 3. The number of benzene rings is 2. The Kier molecular flexibility index (Phi) is 4.83. The zero-order chi connectivity index (χ0) is 24.1. The van der Waals surface area contributed by atoms with Crippen LogP contribution in [0.1, 0.15) is 22.5 Å². The Balaban J connectivity index is 1.38. The van der Waals surface area contributed by atoms with E-state index in [9.17, 15) is 9.59 Å². The number of imidazole rings is 1. The Morgan fingerprint density at radius 2 is 1.49 bits per heavy atom. The molecular weight excluding hydrogens is 454 g/mol. The van der Waals surface area contributed by atoms with E-state index in [0.717, 1.165) is 27.4 Å². The van der Waals surface area contributed by atoms with E-state index in [1.165, 1.54) is 7.05 Å². The number of nitrogens with zero attached hydrogens (tertiary/aromatic N) is 4. The van der Waals surface area contributed by atoms with Crippen LogP contribution < -0.4 is 24.3 Å². The number of hydrogen-bond donors (Lipinski definition) is 1. The van der Waals surface area contributed by atoms with Crippen LogP contribution >= 0.6 is 0 Å². The van der Waals surface area contributed by atoms with Gasteiger partial charge in [-0.3, -0.25) is 15.0 Å². The van der Waals surface area contributed by atoms with Gasteiger partial charge in [-0.1, -0.05) is 12.1 Å². The number of likely N-dealkylation sites (N-methyl/N-ethyl adjacent to an activating group) is 1. The zero-order valence-corrected chi connectivity index (χ0v) is 19.0. The standard InChI is InChI=1S/C24H21N5O6/c1-28-16(8-14-4-6-18-20(10-14)35-12-33-18)15(7-13-3-5-17-19(9-13)34-11-32-17)25-23(28)26-21-22(30)29(2)24(31)27-21/h3-6,9-10H,7-8,11-12H2,1-2H3,(H,25,26,27,31). The molecule has 0 atom stereocenters. The van der Waals surface area contributed by atoms with E-state index in [0.29, 0.717) is 41.8 Å². The molecule has 0 unspecified atom stereocenters. The molecule has 35 heavy (non-hydrogen) atoms. The molecule has 0 radical (unpaired) electrons. The lowest BCUT2D eigenvalue weighted by molar-refractivity contribution is -0.119. The normalized spacial score (nSPS) is 17.0. The predicted octanol–water partition coefficient (Wildman–Crippen LogP) is 2.27. The van der Waals surface area contributed by atoms with Crippen molar-refractivity contribution in [1.29, 1.82) is 0 Å². The van der Waals surface area contributed by atoms with Crippen molar-refractivity contribution in [2.45, 2.75) is 12.8 Å². The number of hydrogen-bond acceptors (Lipinski definition) is 8. The van der Waals surface area contributed by atoms with Crippen LogP contribution in [0.3, 0.4) is 0 Å². The third-order valence-electron chi connectivity index (χ3n) is 6.14. The van der Waals surface area contributed by atoms with Crippen LogP contribution in [-0.4, -0.2) is 52.9 Å². The molecule has 1 N–H and O–H groups in total. The van der Waals surface area contributed by atoms with Gasteiger partial charge in [0.1, 0.15) is 0 Å². The van der Waals surface area contributed by atoms with E-state index in [-0.39, 0.29) is 19.4 Å². The highest BCUT2D eigenvalue weighted by atomic mass is 16.7. The van der Waals surface area contributed by atoms with Crippen LogP contribution in [0.25, 0.3) is 0 Å². The number of imide groups is 1. The molecule has 1 saturated heterocycles. The second-order valence-electron chi connectivity index (χ2n) is 8.35. The van der Waals surface area contributed by atoms with Gasteiger partial charge in [-0.2, -0.15) is 4.99 Å². The number of ether oxygens (including phenoxy) is 4. The maximum atomic E-state index is 12.3. The van der Waals surface area contributed by atoms with Gasteiger partial charge in [0.15, 0.2) is 23.0 Å². The summed E-state index contributed by atoms with van der Waals surface area (Å²) in [5.41, 5.74) is 3.69. The highest BCUT2D eigenvalue weighted by Gasteiger charge is 2.32. The fourth-order valence-corrected chi connectivity index (χ4v) is 4.19. The first-order chi connectivity index (χ1) is 17.0. The third-order valence-corrected chi connectivity index (χ3v) is 6.14. The summed E-state index contributed by atoms with van der Waals surface area (Å²) < 4.78 is 23.7. The minimum absolute atomic E-state index is 0.0603. The lowest BCUT2D eigenvalue weighted by Gasteiger charge is -2.08. The molecule has 3 aliphatic heterocycles. The van der Waals surface area contributed by atoms with E-state index in [4.69, 9.17) is 23.9 Å². The third kappa shape index (κ3) is 3.70. The van der Waals surface area contributed by atoms with Gasteiger partial charge in [0.25, 0.3) is 5.91 Å². The first kappa shape index (κ1) is 21.0. The average molecular weight is 475 g/mol. The van der Waals surface area contributed by atoms with Gasteiger partial charge in [-0.25, -0.2) is 9.78 Å². The molecule has 0 aliphatic carbocycles. The van der Waals surface area contributed by atoms with Crippen molar-refractivity contribution in [3.8, 4) is 23.0 Å². The quantitative estimate of drug-likeness (QED) is 0.563. The molecule has 2 aromatic carbocycles. The molecule has 0 bridgehead atoms. The Bertz CT molecular complexity index is 1410. The first-order valence-corrected chi connectivity index (χ1v) is 11.0. The molecule has 1 fully saturated rings. The lowest BCUT2D eigenvalue weighted by atomic mass is 10.0. The summed E-state index contributed by atoms with van der Waals surface area (Å²) >= 11 is 0. The van der Waals surface area contributed by atoms with Crippen molar-refractivity contribution < 1.29 is 28.5 Å². The molecule has 4 heterocycles. The van der Waals surface area contributed by atoms with E-state index in [2.05, 4.69) is 10.3 Å². The van der Waals surface area contributed by atoms with E-state index in [1.807, 2.05) is 48.0 Å². The van der Waals surface area contributed by atoms with E-state index < -0.39 is 11.9 Å². The summed E-state index contributed by atoms with van der Waals surface area (Å²) in [6.45, 7) is 0.406. The fraction of sp³-hybridized carbons (Fsp3) is 0.250. The van der Waals surface area contributed by atoms with Crippen molar-refractivity contribution in [3.05, 3.63) is 58.9 Å². The van der Waals surface area contributed by atoms with Crippen molar-refractivity contribution >= 4 is 23.7 Å². The van der Waals surface area contributed by atoms with Crippen LogP contribution in [0.15, 0.2) is 41.4 Å². The fourth-order valence-electron chi connectivity index (χ4n) is 4.19. The highest BCUT2D eigenvalue weighted by Crippen LogP contribution is 2.35. The van der Waals surface area contributed by atoms with Gasteiger partial charge in [0.05, 0.1) is 5.69 Å². The Morgan fingerprint density at radius 3 is 2.09 bits per heavy atom. The molecule has 0 spiro atoms. The van der Waals surface area contributed by atoms with Gasteiger partial charge in [0, 0.05) is 32.6 Å².